The van der Waals surface area contributed by atoms with Crippen molar-refractivity contribution in [2.45, 2.75) is 13.8 Å². The van der Waals surface area contributed by atoms with E-state index < -0.39 is 0 Å². The Balaban J connectivity index is 1.09. The molecule has 15 rings (SSSR count). The highest BCUT2D eigenvalue weighted by Gasteiger charge is 2.39. The fraction of sp³-hybridized carbons (Fsp3) is 0.0263. The Kier molecular flexibility index (Phi) is 11.0. The fourth-order valence-electron chi connectivity index (χ4n) is 12.7. The summed E-state index contributed by atoms with van der Waals surface area (Å²) in [5, 5.41) is 6.96. The van der Waals surface area contributed by atoms with Crippen LogP contribution in [0.3, 0.4) is 0 Å². The van der Waals surface area contributed by atoms with Crippen LogP contribution in [0.1, 0.15) is 11.1 Å². The molecule has 79 heavy (non-hydrogen) atoms. The molecule has 1 heterocycles. The van der Waals surface area contributed by atoms with Gasteiger partial charge in [-0.05, 0) is 174 Å². The van der Waals surface area contributed by atoms with Gasteiger partial charge in [0.1, 0.15) is 5.58 Å². The zero-order chi connectivity index (χ0) is 52.6. The lowest BCUT2D eigenvalue weighted by atomic mass is 9.65. The van der Waals surface area contributed by atoms with Crippen LogP contribution in [-0.4, -0.2) is 0 Å². The largest absolute Gasteiger partial charge is 0.454 e. The summed E-state index contributed by atoms with van der Waals surface area (Å²) >= 11 is 0. The van der Waals surface area contributed by atoms with Gasteiger partial charge in [0.2, 0.25) is 0 Å². The number of benzene rings is 13. The number of para-hydroxylation sites is 5. The first-order valence-corrected chi connectivity index (χ1v) is 27.3. The Morgan fingerprint density at radius 2 is 0.608 bits per heavy atom. The highest BCUT2D eigenvalue weighted by Crippen LogP contribution is 2.66. The smallest absolute Gasteiger partial charge is 0.159 e. The molecule has 0 fully saturated rings. The van der Waals surface area contributed by atoms with Crippen LogP contribution in [0.25, 0.3) is 110 Å². The van der Waals surface area contributed by atoms with E-state index in [2.05, 4.69) is 297 Å². The van der Waals surface area contributed by atoms with Gasteiger partial charge in [-0.25, -0.2) is 0 Å². The van der Waals surface area contributed by atoms with Crippen LogP contribution < -0.4 is 9.80 Å². The number of hydrogen-bond acceptors (Lipinski definition) is 3. The second kappa shape index (κ2) is 18.8. The molecule has 13 aromatic carbocycles. The number of aryl methyl sites for hydroxylation is 2. The Hall–Kier alpha value is -10.2. The van der Waals surface area contributed by atoms with Crippen molar-refractivity contribution < 1.29 is 4.42 Å². The first-order valence-electron chi connectivity index (χ1n) is 27.3. The summed E-state index contributed by atoms with van der Waals surface area (Å²) in [5.41, 5.74) is 25.3. The number of anilines is 6. The Morgan fingerprint density at radius 3 is 1.08 bits per heavy atom. The van der Waals surface area contributed by atoms with Gasteiger partial charge >= 0.3 is 0 Å². The van der Waals surface area contributed by atoms with Crippen molar-refractivity contribution in [3.05, 3.63) is 290 Å². The molecule has 372 valence electrons. The predicted molar refractivity (Wildman–Crippen MR) is 334 cm³/mol. The quantitative estimate of drug-likeness (QED) is 0.136. The van der Waals surface area contributed by atoms with Crippen LogP contribution in [-0.2, 0) is 0 Å². The molecule has 0 radical (unpaired) electrons. The zero-order valence-corrected chi connectivity index (χ0v) is 43.9. The van der Waals surface area contributed by atoms with Gasteiger partial charge in [0.25, 0.3) is 0 Å². The van der Waals surface area contributed by atoms with E-state index in [1.807, 2.05) is 6.07 Å². The fourth-order valence-corrected chi connectivity index (χ4v) is 12.7. The van der Waals surface area contributed by atoms with Crippen LogP contribution in [0, 0.1) is 13.8 Å². The number of nitrogens with zero attached hydrogens (tertiary/aromatic N) is 2. The van der Waals surface area contributed by atoms with Crippen LogP contribution in [0.5, 0.6) is 0 Å². The van der Waals surface area contributed by atoms with E-state index in [0.717, 1.165) is 56.1 Å². The third-order valence-electron chi connectivity index (χ3n) is 16.2. The average Bonchev–Trinajstić information content (AvgIpc) is 2.84. The van der Waals surface area contributed by atoms with E-state index in [9.17, 15) is 0 Å². The highest BCUT2D eigenvalue weighted by atomic mass is 16.3. The number of rotatable bonds is 10. The van der Waals surface area contributed by atoms with Crippen molar-refractivity contribution in [2.75, 3.05) is 9.80 Å². The van der Waals surface area contributed by atoms with Crippen molar-refractivity contribution in [2.24, 2.45) is 0 Å². The molecule has 0 saturated heterocycles. The molecule has 0 spiro atoms. The van der Waals surface area contributed by atoms with Crippen LogP contribution in [0.15, 0.2) is 283 Å². The molecule has 0 bridgehead atoms. The minimum Gasteiger partial charge on any atom is -0.454 e. The number of fused-ring (bicyclic) bond motifs is 9. The second-order valence-electron chi connectivity index (χ2n) is 20.8. The second-order valence-corrected chi connectivity index (χ2v) is 20.8. The highest BCUT2D eigenvalue weighted by molar-refractivity contribution is 6.33. The topological polar surface area (TPSA) is 19.6 Å². The summed E-state index contributed by atoms with van der Waals surface area (Å²) in [4.78, 5) is 4.83. The van der Waals surface area contributed by atoms with E-state index in [4.69, 9.17) is 4.42 Å². The van der Waals surface area contributed by atoms with Gasteiger partial charge < -0.3 is 14.2 Å². The maximum absolute atomic E-state index is 6.82. The van der Waals surface area contributed by atoms with E-state index in [-0.39, 0.29) is 0 Å². The van der Waals surface area contributed by atoms with Crippen molar-refractivity contribution in [3.8, 4) is 66.8 Å². The molecule has 0 aliphatic heterocycles. The van der Waals surface area contributed by atoms with Crippen LogP contribution in [0.2, 0.25) is 0 Å². The Bertz CT molecular complexity index is 4620. The Morgan fingerprint density at radius 1 is 0.241 bits per heavy atom. The molecular formula is C76H52N2O. The summed E-state index contributed by atoms with van der Waals surface area (Å²) in [7, 11) is 0. The molecule has 14 aromatic rings. The van der Waals surface area contributed by atoms with E-state index in [0.29, 0.717) is 0 Å². The summed E-state index contributed by atoms with van der Waals surface area (Å²) in [6.45, 7) is 4.43. The number of furan rings is 1. The Labute approximate surface area is 460 Å². The van der Waals surface area contributed by atoms with Crippen molar-refractivity contribution >= 4 is 77.6 Å². The van der Waals surface area contributed by atoms with E-state index >= 15 is 0 Å². The van der Waals surface area contributed by atoms with Gasteiger partial charge in [0, 0.05) is 39.2 Å². The lowest BCUT2D eigenvalue weighted by molar-refractivity contribution is 0.669. The third kappa shape index (κ3) is 7.42. The predicted octanol–water partition coefficient (Wildman–Crippen LogP) is 21.8. The van der Waals surface area contributed by atoms with Gasteiger partial charge in [-0.1, -0.05) is 218 Å². The first-order chi connectivity index (χ1) is 39.1. The minimum absolute atomic E-state index is 0.851. The van der Waals surface area contributed by atoms with Gasteiger partial charge in [-0.2, -0.15) is 0 Å². The normalized spacial score (nSPS) is 11.7. The van der Waals surface area contributed by atoms with Crippen molar-refractivity contribution in [1.82, 2.24) is 0 Å². The molecule has 1 aliphatic carbocycles. The summed E-state index contributed by atoms with van der Waals surface area (Å²) in [6.07, 6.45) is 0. The van der Waals surface area contributed by atoms with Gasteiger partial charge in [0.05, 0.1) is 5.69 Å². The summed E-state index contributed by atoms with van der Waals surface area (Å²) < 4.78 is 6.82. The molecule has 3 heteroatoms. The third-order valence-corrected chi connectivity index (χ3v) is 16.2. The SMILES string of the molecule is Cc1ccccc1N(c1ccc2c(-c3ccccc3)c3c(c(-c4ccccc4)c2c1)-c1c-3c(-c2ccccc2)c2cc(N(c3ccccc3)c3cccc4c3oc3ccccc34)ccc2c1-c1ccccc1)c1ccccc1C. The van der Waals surface area contributed by atoms with Crippen molar-refractivity contribution in [3.63, 3.8) is 0 Å². The summed E-state index contributed by atoms with van der Waals surface area (Å²) in [6, 6.07) is 102. The number of hydrogen-bond donors (Lipinski definition) is 0. The van der Waals surface area contributed by atoms with E-state index in [1.165, 1.54) is 99.4 Å². The molecule has 0 unspecified atom stereocenters. The molecule has 0 saturated carbocycles. The van der Waals surface area contributed by atoms with Crippen LogP contribution >= 0.6 is 0 Å². The molecular weight excluding hydrogens is 957 g/mol. The van der Waals surface area contributed by atoms with Crippen molar-refractivity contribution in [1.29, 1.82) is 0 Å². The molecule has 1 aliphatic rings. The first kappa shape index (κ1) is 46.1. The average molecular weight is 1010 g/mol. The molecule has 0 amide bonds. The van der Waals surface area contributed by atoms with Gasteiger partial charge in [-0.3, -0.25) is 0 Å². The maximum Gasteiger partial charge on any atom is 0.159 e. The van der Waals surface area contributed by atoms with Crippen LogP contribution in [0.4, 0.5) is 34.1 Å². The molecule has 0 N–H and O–H groups in total. The standard InChI is InChI=1S/C76H52N2O/c1-49-25-18-21-39-64(49)78(65-40-22-19-26-50(65)2)57-44-46-60-63(48-57)71(54-33-14-6-15-34-54)75-72-68(51-27-8-3-9-28-51)59-45-43-56(47-62(59)70(53-31-12-5-13-32-53)74(72)73(75)69(60)52-29-10-4-11-30-52)77(55-35-16-7-17-36-55)66-41-24-38-61-58-37-20-23-42-67(58)79-76(61)66/h3-48H,1-2H3. The summed E-state index contributed by atoms with van der Waals surface area (Å²) in [5.74, 6) is 0. The lowest BCUT2D eigenvalue weighted by Gasteiger charge is -2.38. The molecule has 3 nitrogen and oxygen atoms in total. The lowest BCUT2D eigenvalue weighted by Crippen LogP contribution is -2.13. The zero-order valence-electron chi connectivity index (χ0n) is 43.9. The molecule has 1 aromatic heterocycles. The molecule has 0 atom stereocenters. The monoisotopic (exact) mass is 1010 g/mol. The minimum atomic E-state index is 0.851. The van der Waals surface area contributed by atoms with Gasteiger partial charge in [-0.15, -0.1) is 0 Å². The van der Waals surface area contributed by atoms with Gasteiger partial charge in [0.15, 0.2) is 5.58 Å². The maximum atomic E-state index is 6.82. The van der Waals surface area contributed by atoms with E-state index in [1.54, 1.807) is 0 Å².